The van der Waals surface area contributed by atoms with Crippen molar-refractivity contribution < 1.29 is 19.8 Å². The average Bonchev–Trinajstić information content (AvgIpc) is 2.67. The molecular formula is C14H26N2O4. The Balaban J connectivity index is 2.52. The molecule has 1 fully saturated rings. The van der Waals surface area contributed by atoms with Crippen LogP contribution >= 0.6 is 0 Å². The van der Waals surface area contributed by atoms with Gasteiger partial charge in [0, 0.05) is 13.1 Å². The highest BCUT2D eigenvalue weighted by Gasteiger charge is 2.26. The highest BCUT2D eigenvalue weighted by Crippen LogP contribution is 2.16. The van der Waals surface area contributed by atoms with E-state index in [4.69, 9.17) is 5.11 Å². The van der Waals surface area contributed by atoms with E-state index in [0.717, 1.165) is 32.1 Å². The quantitative estimate of drug-likeness (QED) is 0.689. The van der Waals surface area contributed by atoms with Crippen LogP contribution in [0.2, 0.25) is 0 Å². The minimum absolute atomic E-state index is 0.0370. The van der Waals surface area contributed by atoms with Gasteiger partial charge >= 0.3 is 12.0 Å². The zero-order valence-corrected chi connectivity index (χ0v) is 12.2. The maximum atomic E-state index is 12.2. The minimum atomic E-state index is -0.873. The van der Waals surface area contributed by atoms with Crippen molar-refractivity contribution in [1.29, 1.82) is 0 Å². The molecule has 0 spiro atoms. The van der Waals surface area contributed by atoms with Gasteiger partial charge in [-0.25, -0.2) is 4.79 Å². The topological polar surface area (TPSA) is 89.9 Å². The highest BCUT2D eigenvalue weighted by atomic mass is 16.4. The number of carbonyl (C=O) groups excluding carboxylic acids is 1. The van der Waals surface area contributed by atoms with Crippen LogP contribution in [0, 0.1) is 5.92 Å². The summed E-state index contributed by atoms with van der Waals surface area (Å²) < 4.78 is 0. The van der Waals surface area contributed by atoms with Crippen LogP contribution in [0.15, 0.2) is 0 Å². The van der Waals surface area contributed by atoms with Gasteiger partial charge in [-0.3, -0.25) is 4.79 Å². The molecule has 6 nitrogen and oxygen atoms in total. The maximum Gasteiger partial charge on any atom is 0.317 e. The van der Waals surface area contributed by atoms with Crippen molar-refractivity contribution >= 4 is 12.0 Å². The van der Waals surface area contributed by atoms with E-state index in [1.54, 1.807) is 4.90 Å². The number of carboxylic acid groups (broad SMARTS) is 1. The Kier molecular flexibility index (Phi) is 7.36. The summed E-state index contributed by atoms with van der Waals surface area (Å²) in [6, 6.07) is -0.403. The van der Waals surface area contributed by atoms with E-state index in [-0.39, 0.29) is 25.2 Å². The summed E-state index contributed by atoms with van der Waals surface area (Å²) in [6.45, 7) is 2.67. The number of hydrogen-bond acceptors (Lipinski definition) is 3. The third kappa shape index (κ3) is 5.00. The summed E-state index contributed by atoms with van der Waals surface area (Å²) in [4.78, 5) is 24.9. The van der Waals surface area contributed by atoms with Crippen molar-refractivity contribution in [2.45, 2.75) is 51.5 Å². The molecule has 1 aliphatic heterocycles. The Morgan fingerprint density at radius 1 is 1.35 bits per heavy atom. The molecule has 3 N–H and O–H groups in total. The molecule has 116 valence electrons. The number of urea groups is 1. The number of nitrogens with one attached hydrogen (secondary N) is 1. The fourth-order valence-corrected chi connectivity index (χ4v) is 2.61. The van der Waals surface area contributed by atoms with E-state index in [9.17, 15) is 14.7 Å². The lowest BCUT2D eigenvalue weighted by atomic mass is 10.0. The number of aliphatic carboxylic acids is 1. The van der Waals surface area contributed by atoms with Gasteiger partial charge in [-0.05, 0) is 19.3 Å². The predicted molar refractivity (Wildman–Crippen MR) is 75.5 cm³/mol. The first-order chi connectivity index (χ1) is 9.60. The predicted octanol–water partition coefficient (Wildman–Crippen LogP) is 1.43. The standard InChI is InChI=1S/C14H26N2O4/c1-2-6-11(13(18)19)9-15-14(20)16-8-5-3-4-7-12(16)10-17/h11-12,17H,2-10H2,1H3,(H,15,20)(H,18,19). The van der Waals surface area contributed by atoms with Crippen LogP contribution in [0.1, 0.15) is 45.4 Å². The van der Waals surface area contributed by atoms with Gasteiger partial charge < -0.3 is 20.4 Å². The van der Waals surface area contributed by atoms with Crippen molar-refractivity contribution in [2.75, 3.05) is 19.7 Å². The summed E-state index contributed by atoms with van der Waals surface area (Å²) in [5.41, 5.74) is 0. The fraction of sp³-hybridized carbons (Fsp3) is 0.857. The third-order valence-corrected chi connectivity index (χ3v) is 3.83. The van der Waals surface area contributed by atoms with E-state index in [1.807, 2.05) is 6.92 Å². The molecule has 0 aliphatic carbocycles. The largest absolute Gasteiger partial charge is 0.481 e. The average molecular weight is 286 g/mol. The van der Waals surface area contributed by atoms with Crippen LogP contribution in [0.5, 0.6) is 0 Å². The van der Waals surface area contributed by atoms with E-state index in [2.05, 4.69) is 5.32 Å². The second-order valence-corrected chi connectivity index (χ2v) is 5.39. The van der Waals surface area contributed by atoms with Crippen molar-refractivity contribution in [3.05, 3.63) is 0 Å². The Morgan fingerprint density at radius 3 is 2.70 bits per heavy atom. The van der Waals surface area contributed by atoms with Crippen LogP contribution in [0.4, 0.5) is 4.79 Å². The molecule has 0 aromatic carbocycles. The molecule has 2 atom stereocenters. The SMILES string of the molecule is CCCC(CNC(=O)N1CCCCCC1CO)C(=O)O. The van der Waals surface area contributed by atoms with Crippen molar-refractivity contribution in [3.8, 4) is 0 Å². The number of rotatable bonds is 6. The van der Waals surface area contributed by atoms with E-state index in [0.29, 0.717) is 13.0 Å². The molecule has 0 aromatic heterocycles. The van der Waals surface area contributed by atoms with Gasteiger partial charge in [-0.1, -0.05) is 26.2 Å². The Hall–Kier alpha value is -1.30. The van der Waals surface area contributed by atoms with Crippen molar-refractivity contribution in [2.24, 2.45) is 5.92 Å². The third-order valence-electron chi connectivity index (χ3n) is 3.83. The van der Waals surface area contributed by atoms with Gasteiger partial charge in [0.15, 0.2) is 0 Å². The van der Waals surface area contributed by atoms with E-state index in [1.165, 1.54) is 0 Å². The lowest BCUT2D eigenvalue weighted by molar-refractivity contribution is -0.141. The molecule has 1 rings (SSSR count). The smallest absolute Gasteiger partial charge is 0.317 e. The Morgan fingerprint density at radius 2 is 2.10 bits per heavy atom. The fourth-order valence-electron chi connectivity index (χ4n) is 2.61. The Labute approximate surface area is 120 Å². The number of aliphatic hydroxyl groups is 1. The van der Waals surface area contributed by atoms with Gasteiger partial charge in [0.2, 0.25) is 0 Å². The molecule has 0 saturated carbocycles. The number of amides is 2. The van der Waals surface area contributed by atoms with Crippen LogP contribution in [-0.4, -0.2) is 52.9 Å². The number of carboxylic acids is 1. The van der Waals surface area contributed by atoms with Gasteiger partial charge in [0.1, 0.15) is 0 Å². The molecule has 2 amide bonds. The molecule has 2 unspecified atom stereocenters. The first kappa shape index (κ1) is 16.8. The van der Waals surface area contributed by atoms with Crippen LogP contribution < -0.4 is 5.32 Å². The summed E-state index contributed by atoms with van der Waals surface area (Å²) in [7, 11) is 0. The number of carbonyl (C=O) groups is 2. The zero-order chi connectivity index (χ0) is 15.0. The molecule has 6 heteroatoms. The van der Waals surface area contributed by atoms with E-state index >= 15 is 0 Å². The monoisotopic (exact) mass is 286 g/mol. The number of nitrogens with zero attached hydrogens (tertiary/aromatic N) is 1. The molecule has 20 heavy (non-hydrogen) atoms. The summed E-state index contributed by atoms with van der Waals surface area (Å²) >= 11 is 0. The van der Waals surface area contributed by atoms with Gasteiger partial charge in [0.05, 0.1) is 18.6 Å². The van der Waals surface area contributed by atoms with Gasteiger partial charge in [-0.15, -0.1) is 0 Å². The first-order valence-electron chi connectivity index (χ1n) is 7.48. The zero-order valence-electron chi connectivity index (χ0n) is 12.2. The van der Waals surface area contributed by atoms with Crippen molar-refractivity contribution in [1.82, 2.24) is 10.2 Å². The molecule has 0 bridgehead atoms. The van der Waals surface area contributed by atoms with E-state index < -0.39 is 11.9 Å². The number of hydrogen-bond donors (Lipinski definition) is 3. The normalized spacial score (nSPS) is 21.1. The summed E-state index contributed by atoms with van der Waals surface area (Å²) in [5, 5.41) is 21.1. The lowest BCUT2D eigenvalue weighted by Crippen LogP contribution is -2.48. The second-order valence-electron chi connectivity index (χ2n) is 5.39. The molecule has 1 heterocycles. The molecule has 0 radical (unpaired) electrons. The maximum absolute atomic E-state index is 12.2. The van der Waals surface area contributed by atoms with Crippen molar-refractivity contribution in [3.63, 3.8) is 0 Å². The Bertz CT molecular complexity index is 322. The lowest BCUT2D eigenvalue weighted by Gasteiger charge is -2.29. The second kappa shape index (κ2) is 8.79. The van der Waals surface area contributed by atoms with Crippen LogP contribution in [-0.2, 0) is 4.79 Å². The van der Waals surface area contributed by atoms with Crippen LogP contribution in [0.25, 0.3) is 0 Å². The van der Waals surface area contributed by atoms with Crippen LogP contribution in [0.3, 0.4) is 0 Å². The minimum Gasteiger partial charge on any atom is -0.481 e. The number of aliphatic hydroxyl groups excluding tert-OH is 1. The molecule has 1 saturated heterocycles. The molecular weight excluding hydrogens is 260 g/mol. The molecule has 0 aromatic rings. The highest BCUT2D eigenvalue weighted by molar-refractivity contribution is 5.76. The summed E-state index contributed by atoms with van der Waals surface area (Å²) in [6.07, 6.45) is 5.15. The molecule has 1 aliphatic rings. The first-order valence-corrected chi connectivity index (χ1v) is 7.48. The summed E-state index contributed by atoms with van der Waals surface area (Å²) in [5.74, 6) is -1.41. The van der Waals surface area contributed by atoms with Gasteiger partial charge in [0.25, 0.3) is 0 Å². The number of likely N-dealkylation sites (tertiary alicyclic amines) is 1. The van der Waals surface area contributed by atoms with Gasteiger partial charge in [-0.2, -0.15) is 0 Å².